The van der Waals surface area contributed by atoms with Gasteiger partial charge >= 0.3 is 0 Å². The number of halogens is 2. The van der Waals surface area contributed by atoms with Crippen LogP contribution in [0.5, 0.6) is 0 Å². The number of hydrogen-bond acceptors (Lipinski definition) is 3. The SMILES string of the molecule is CCc1ccccc1NC(=O)CCN(c1ccc(F)cc1F)S(C)(=O)=O. The first-order valence-corrected chi connectivity index (χ1v) is 9.87. The van der Waals surface area contributed by atoms with Gasteiger partial charge in [0.05, 0.1) is 11.9 Å². The van der Waals surface area contributed by atoms with Gasteiger partial charge in [0.1, 0.15) is 11.6 Å². The van der Waals surface area contributed by atoms with Crippen LogP contribution >= 0.6 is 0 Å². The van der Waals surface area contributed by atoms with Gasteiger partial charge in [0.15, 0.2) is 0 Å². The fourth-order valence-corrected chi connectivity index (χ4v) is 3.44. The molecule has 0 aliphatic heterocycles. The molecule has 2 aromatic rings. The van der Waals surface area contributed by atoms with Crippen molar-refractivity contribution in [1.29, 1.82) is 0 Å². The minimum atomic E-state index is -3.84. The maximum absolute atomic E-state index is 14.0. The van der Waals surface area contributed by atoms with Gasteiger partial charge in [-0.15, -0.1) is 0 Å². The molecular formula is C18H20F2N2O3S. The second kappa shape index (κ2) is 8.27. The zero-order valence-corrected chi connectivity index (χ0v) is 15.3. The van der Waals surface area contributed by atoms with Crippen LogP contribution in [0, 0.1) is 11.6 Å². The second-order valence-corrected chi connectivity index (χ2v) is 7.65. The molecule has 1 amide bonds. The van der Waals surface area contributed by atoms with Gasteiger partial charge in [-0.3, -0.25) is 9.10 Å². The first-order valence-electron chi connectivity index (χ1n) is 8.03. The number of hydrogen-bond donors (Lipinski definition) is 1. The lowest BCUT2D eigenvalue weighted by Gasteiger charge is -2.22. The van der Waals surface area contributed by atoms with Crippen LogP contribution in [0.15, 0.2) is 42.5 Å². The first kappa shape index (κ1) is 19.8. The largest absolute Gasteiger partial charge is 0.326 e. The molecule has 2 aromatic carbocycles. The Morgan fingerprint density at radius 1 is 1.15 bits per heavy atom. The molecule has 0 unspecified atom stereocenters. The van der Waals surface area contributed by atoms with Crippen LogP contribution in [0.4, 0.5) is 20.2 Å². The molecular weight excluding hydrogens is 362 g/mol. The highest BCUT2D eigenvalue weighted by molar-refractivity contribution is 7.92. The molecule has 0 fully saturated rings. The molecule has 26 heavy (non-hydrogen) atoms. The Bertz CT molecular complexity index is 901. The Morgan fingerprint density at radius 3 is 2.46 bits per heavy atom. The molecule has 0 bridgehead atoms. The van der Waals surface area contributed by atoms with Crippen molar-refractivity contribution < 1.29 is 22.0 Å². The number of carbonyl (C=O) groups is 1. The van der Waals surface area contributed by atoms with Crippen molar-refractivity contribution in [2.45, 2.75) is 19.8 Å². The summed E-state index contributed by atoms with van der Waals surface area (Å²) in [4.78, 5) is 12.2. The average molecular weight is 382 g/mol. The summed E-state index contributed by atoms with van der Waals surface area (Å²) in [6.07, 6.45) is 1.45. The van der Waals surface area contributed by atoms with Gasteiger partial charge in [0, 0.05) is 24.7 Å². The van der Waals surface area contributed by atoms with Crippen molar-refractivity contribution in [3.63, 3.8) is 0 Å². The van der Waals surface area contributed by atoms with Crippen molar-refractivity contribution in [2.24, 2.45) is 0 Å². The van der Waals surface area contributed by atoms with Crippen molar-refractivity contribution >= 4 is 27.3 Å². The quantitative estimate of drug-likeness (QED) is 0.799. The van der Waals surface area contributed by atoms with E-state index in [0.717, 1.165) is 34.7 Å². The number of rotatable bonds is 7. The molecule has 0 aromatic heterocycles. The summed E-state index contributed by atoms with van der Waals surface area (Å²) in [6.45, 7) is 1.69. The van der Waals surface area contributed by atoms with Crippen LogP contribution in [-0.4, -0.2) is 27.1 Å². The van der Waals surface area contributed by atoms with E-state index in [4.69, 9.17) is 0 Å². The predicted molar refractivity (Wildman–Crippen MR) is 97.6 cm³/mol. The fraction of sp³-hybridized carbons (Fsp3) is 0.278. The second-order valence-electron chi connectivity index (χ2n) is 5.74. The van der Waals surface area contributed by atoms with E-state index in [1.807, 2.05) is 19.1 Å². The van der Waals surface area contributed by atoms with Crippen molar-refractivity contribution in [1.82, 2.24) is 0 Å². The molecule has 0 saturated heterocycles. The number of aryl methyl sites for hydroxylation is 1. The van der Waals surface area contributed by atoms with Crippen LogP contribution in [0.3, 0.4) is 0 Å². The van der Waals surface area contributed by atoms with Gasteiger partial charge in [-0.25, -0.2) is 17.2 Å². The van der Waals surface area contributed by atoms with Crippen LogP contribution in [-0.2, 0) is 21.2 Å². The average Bonchev–Trinajstić information content (AvgIpc) is 2.56. The summed E-state index contributed by atoms with van der Waals surface area (Å²) in [5.74, 6) is -2.22. The summed E-state index contributed by atoms with van der Waals surface area (Å²) in [5, 5.41) is 2.73. The van der Waals surface area contributed by atoms with Crippen molar-refractivity contribution in [2.75, 3.05) is 22.4 Å². The van der Waals surface area contributed by atoms with E-state index in [0.29, 0.717) is 11.8 Å². The molecule has 0 atom stereocenters. The number of nitrogens with zero attached hydrogens (tertiary/aromatic N) is 1. The van der Waals surface area contributed by atoms with Gasteiger partial charge in [-0.05, 0) is 30.2 Å². The van der Waals surface area contributed by atoms with E-state index in [1.165, 1.54) is 0 Å². The zero-order valence-electron chi connectivity index (χ0n) is 14.5. The standard InChI is InChI=1S/C18H20F2N2O3S/c1-3-13-6-4-5-7-16(13)21-18(23)10-11-22(26(2,24)25)17-9-8-14(19)12-15(17)20/h4-9,12H,3,10-11H2,1-2H3,(H,21,23). The maximum atomic E-state index is 14.0. The lowest BCUT2D eigenvalue weighted by Crippen LogP contribution is -2.33. The van der Waals surface area contributed by atoms with Crippen LogP contribution in [0.1, 0.15) is 18.9 Å². The minimum absolute atomic E-state index is 0.179. The highest BCUT2D eigenvalue weighted by Gasteiger charge is 2.22. The molecule has 0 heterocycles. The molecule has 0 aliphatic carbocycles. The maximum Gasteiger partial charge on any atom is 0.232 e. The number of amides is 1. The predicted octanol–water partition coefficient (Wildman–Crippen LogP) is 3.32. The molecule has 0 spiro atoms. The third-order valence-corrected chi connectivity index (χ3v) is 4.97. The number of anilines is 2. The lowest BCUT2D eigenvalue weighted by molar-refractivity contribution is -0.116. The van der Waals surface area contributed by atoms with Crippen LogP contribution < -0.4 is 9.62 Å². The summed E-state index contributed by atoms with van der Waals surface area (Å²) < 4.78 is 51.7. The minimum Gasteiger partial charge on any atom is -0.326 e. The highest BCUT2D eigenvalue weighted by Crippen LogP contribution is 2.23. The van der Waals surface area contributed by atoms with E-state index in [2.05, 4.69) is 5.32 Å². The van der Waals surface area contributed by atoms with Gasteiger partial charge < -0.3 is 5.32 Å². The zero-order chi connectivity index (χ0) is 19.3. The molecule has 0 saturated carbocycles. The van der Waals surface area contributed by atoms with E-state index >= 15 is 0 Å². The molecule has 0 radical (unpaired) electrons. The van der Waals surface area contributed by atoms with Gasteiger partial charge in [0.2, 0.25) is 15.9 Å². The van der Waals surface area contributed by atoms with Gasteiger partial charge in [-0.1, -0.05) is 25.1 Å². The molecule has 1 N–H and O–H groups in total. The summed E-state index contributed by atoms with van der Waals surface area (Å²) in [6, 6.07) is 9.88. The third kappa shape index (κ3) is 5.01. The Balaban J connectivity index is 2.14. The normalized spacial score (nSPS) is 11.2. The fourth-order valence-electron chi connectivity index (χ4n) is 2.51. The van der Waals surface area contributed by atoms with E-state index in [1.54, 1.807) is 12.1 Å². The lowest BCUT2D eigenvalue weighted by atomic mass is 10.1. The Kier molecular flexibility index (Phi) is 6.31. The molecule has 0 aliphatic rings. The number of carbonyl (C=O) groups excluding carboxylic acids is 1. The smallest absolute Gasteiger partial charge is 0.232 e. The molecule has 140 valence electrons. The van der Waals surface area contributed by atoms with Crippen LogP contribution in [0.2, 0.25) is 0 Å². The Hall–Kier alpha value is -2.48. The molecule has 5 nitrogen and oxygen atoms in total. The summed E-state index contributed by atoms with van der Waals surface area (Å²) in [7, 11) is -3.84. The number of para-hydroxylation sites is 1. The summed E-state index contributed by atoms with van der Waals surface area (Å²) >= 11 is 0. The highest BCUT2D eigenvalue weighted by atomic mass is 32.2. The van der Waals surface area contributed by atoms with Crippen LogP contribution in [0.25, 0.3) is 0 Å². The van der Waals surface area contributed by atoms with Gasteiger partial charge in [0.25, 0.3) is 0 Å². The van der Waals surface area contributed by atoms with E-state index in [9.17, 15) is 22.0 Å². The molecule has 2 rings (SSSR count). The van der Waals surface area contributed by atoms with Gasteiger partial charge in [-0.2, -0.15) is 0 Å². The van der Waals surface area contributed by atoms with E-state index in [-0.39, 0.29) is 18.7 Å². The summed E-state index contributed by atoms with van der Waals surface area (Å²) in [5.41, 5.74) is 1.31. The number of sulfonamides is 1. The van der Waals surface area contributed by atoms with Crippen molar-refractivity contribution in [3.05, 3.63) is 59.7 Å². The molecule has 8 heteroatoms. The Labute approximate surface area is 151 Å². The third-order valence-electron chi connectivity index (χ3n) is 3.79. The van der Waals surface area contributed by atoms with E-state index < -0.39 is 27.6 Å². The number of benzene rings is 2. The number of nitrogens with one attached hydrogen (secondary N) is 1. The topological polar surface area (TPSA) is 66.5 Å². The first-order chi connectivity index (χ1) is 12.2. The Morgan fingerprint density at radius 2 is 1.85 bits per heavy atom. The monoisotopic (exact) mass is 382 g/mol. The van der Waals surface area contributed by atoms with Crippen molar-refractivity contribution in [3.8, 4) is 0 Å².